The molecule has 0 spiro atoms. The third kappa shape index (κ3) is 2.37. The van der Waals surface area contributed by atoms with E-state index in [1.165, 1.54) is 12.8 Å². The van der Waals surface area contributed by atoms with E-state index in [0.717, 1.165) is 36.1 Å². The Bertz CT molecular complexity index is 510. The van der Waals surface area contributed by atoms with Gasteiger partial charge in [0.25, 0.3) is 0 Å². The molecule has 19 heavy (non-hydrogen) atoms. The van der Waals surface area contributed by atoms with E-state index >= 15 is 0 Å². The Morgan fingerprint density at radius 3 is 3.05 bits per heavy atom. The van der Waals surface area contributed by atoms with Crippen LogP contribution in [0.2, 0.25) is 0 Å². The zero-order valence-corrected chi connectivity index (χ0v) is 12.5. The number of nitrogens with one attached hydrogen (secondary N) is 1. The highest BCUT2D eigenvalue weighted by molar-refractivity contribution is 9.10. The monoisotopic (exact) mass is 319 g/mol. The van der Waals surface area contributed by atoms with Crippen LogP contribution in [0.4, 0.5) is 5.69 Å². The minimum Gasteiger partial charge on any atom is -0.366 e. The normalized spacial score (nSPS) is 30.6. The highest BCUT2D eigenvalue weighted by Gasteiger charge is 2.48. The molecule has 4 heteroatoms. The van der Waals surface area contributed by atoms with Gasteiger partial charge in [-0.15, -0.1) is 0 Å². The molecule has 2 aliphatic heterocycles. The van der Waals surface area contributed by atoms with E-state index in [0.29, 0.717) is 6.04 Å². The van der Waals surface area contributed by atoms with E-state index in [2.05, 4.69) is 32.2 Å². The number of rotatable bonds is 2. The number of fused-ring (bicyclic) bond motifs is 1. The maximum absolute atomic E-state index is 9.74. The summed E-state index contributed by atoms with van der Waals surface area (Å²) in [7, 11) is 0. The molecule has 2 aliphatic rings. The lowest BCUT2D eigenvalue weighted by atomic mass is 9.86. The first kappa shape index (κ1) is 13.0. The summed E-state index contributed by atoms with van der Waals surface area (Å²) in [6, 6.07) is 11.0. The predicted octanol–water partition coefficient (Wildman–Crippen LogP) is 3.38. The number of halogens is 1. The number of piperidine rings is 1. The predicted molar refractivity (Wildman–Crippen MR) is 79.9 cm³/mol. The quantitative estimate of drug-likeness (QED) is 0.908. The number of nitrogens with zero attached hydrogens (tertiary/aromatic N) is 2. The highest BCUT2D eigenvalue weighted by Crippen LogP contribution is 2.37. The lowest BCUT2D eigenvalue weighted by Crippen LogP contribution is -2.50. The number of hydrogen-bond acceptors (Lipinski definition) is 3. The van der Waals surface area contributed by atoms with E-state index in [9.17, 15) is 5.26 Å². The molecule has 1 N–H and O–H groups in total. The van der Waals surface area contributed by atoms with E-state index in [4.69, 9.17) is 0 Å². The molecule has 0 amide bonds. The second-order valence-electron chi connectivity index (χ2n) is 5.52. The Balaban J connectivity index is 1.86. The maximum atomic E-state index is 9.74. The van der Waals surface area contributed by atoms with E-state index in [1.54, 1.807) is 0 Å². The molecule has 2 saturated heterocycles. The van der Waals surface area contributed by atoms with Crippen molar-refractivity contribution in [2.45, 2.75) is 37.3 Å². The summed E-state index contributed by atoms with van der Waals surface area (Å²) in [5, 5.41) is 13.2. The molecule has 2 heterocycles. The van der Waals surface area contributed by atoms with Gasteiger partial charge >= 0.3 is 0 Å². The van der Waals surface area contributed by atoms with E-state index in [1.807, 2.05) is 24.3 Å². The van der Waals surface area contributed by atoms with Gasteiger partial charge in [0, 0.05) is 22.7 Å². The summed E-state index contributed by atoms with van der Waals surface area (Å²) in [5.74, 6) is 0. The smallest absolute Gasteiger partial charge is 0.142 e. The van der Waals surface area contributed by atoms with Crippen LogP contribution in [0, 0.1) is 11.3 Å². The molecule has 1 aromatic carbocycles. The zero-order valence-electron chi connectivity index (χ0n) is 10.9. The SMILES string of the molecule is N#CC1(Nc2cccc(Br)c2)CCN2CCCCC21. The van der Waals surface area contributed by atoms with Gasteiger partial charge in [0.2, 0.25) is 0 Å². The van der Waals surface area contributed by atoms with Crippen molar-refractivity contribution in [3.05, 3.63) is 28.7 Å². The molecule has 3 rings (SSSR count). The molecule has 1 aromatic rings. The van der Waals surface area contributed by atoms with Gasteiger partial charge in [-0.1, -0.05) is 28.4 Å². The minimum absolute atomic E-state index is 0.366. The molecular formula is C15H18BrN3. The molecule has 0 aliphatic carbocycles. The molecule has 100 valence electrons. The van der Waals surface area contributed by atoms with Crippen molar-refractivity contribution in [2.75, 3.05) is 18.4 Å². The third-order valence-electron chi connectivity index (χ3n) is 4.37. The van der Waals surface area contributed by atoms with Crippen molar-refractivity contribution in [3.8, 4) is 6.07 Å². The average Bonchev–Trinajstić information content (AvgIpc) is 2.79. The van der Waals surface area contributed by atoms with Crippen molar-refractivity contribution in [3.63, 3.8) is 0 Å². The molecule has 0 saturated carbocycles. The van der Waals surface area contributed by atoms with Gasteiger partial charge in [0.05, 0.1) is 6.07 Å². The van der Waals surface area contributed by atoms with Crippen LogP contribution >= 0.6 is 15.9 Å². The molecule has 0 aromatic heterocycles. The molecule has 2 fully saturated rings. The number of nitriles is 1. The summed E-state index contributed by atoms with van der Waals surface area (Å²) in [6.45, 7) is 2.19. The van der Waals surface area contributed by atoms with Crippen LogP contribution < -0.4 is 5.32 Å². The van der Waals surface area contributed by atoms with Crippen LogP contribution in [-0.4, -0.2) is 29.6 Å². The molecule has 0 radical (unpaired) electrons. The standard InChI is InChI=1S/C15H18BrN3/c16-12-4-3-5-13(10-12)18-15(11-17)7-9-19-8-2-1-6-14(15)19/h3-5,10,14,18H,1-2,6-9H2. The number of hydrogen-bond donors (Lipinski definition) is 1. The van der Waals surface area contributed by atoms with Crippen LogP contribution in [0.5, 0.6) is 0 Å². The topological polar surface area (TPSA) is 39.1 Å². The Morgan fingerprint density at radius 1 is 1.37 bits per heavy atom. The Morgan fingerprint density at radius 2 is 2.26 bits per heavy atom. The fraction of sp³-hybridized carbons (Fsp3) is 0.533. The van der Waals surface area contributed by atoms with Crippen molar-refractivity contribution in [1.82, 2.24) is 4.90 Å². The first-order chi connectivity index (χ1) is 9.23. The number of anilines is 1. The van der Waals surface area contributed by atoms with Crippen LogP contribution in [0.1, 0.15) is 25.7 Å². The average molecular weight is 320 g/mol. The first-order valence-electron chi connectivity index (χ1n) is 6.93. The zero-order chi connectivity index (χ0) is 13.3. The van der Waals surface area contributed by atoms with Gasteiger partial charge in [-0.05, 0) is 44.0 Å². The van der Waals surface area contributed by atoms with Crippen molar-refractivity contribution >= 4 is 21.6 Å². The lowest BCUT2D eigenvalue weighted by Gasteiger charge is -2.37. The summed E-state index contributed by atoms with van der Waals surface area (Å²) < 4.78 is 1.05. The van der Waals surface area contributed by atoms with Gasteiger partial charge in [-0.25, -0.2) is 0 Å². The van der Waals surface area contributed by atoms with Gasteiger partial charge in [-0.2, -0.15) is 5.26 Å². The van der Waals surface area contributed by atoms with Gasteiger partial charge in [0.15, 0.2) is 0 Å². The van der Waals surface area contributed by atoms with E-state index in [-0.39, 0.29) is 0 Å². The Hall–Kier alpha value is -1.05. The second kappa shape index (κ2) is 5.15. The van der Waals surface area contributed by atoms with Crippen LogP contribution in [0.25, 0.3) is 0 Å². The number of benzene rings is 1. The maximum Gasteiger partial charge on any atom is 0.142 e. The Kier molecular flexibility index (Phi) is 3.51. The van der Waals surface area contributed by atoms with Gasteiger partial charge in [0.1, 0.15) is 5.54 Å². The van der Waals surface area contributed by atoms with Gasteiger partial charge in [-0.3, -0.25) is 4.90 Å². The Labute approximate surface area is 122 Å². The van der Waals surface area contributed by atoms with Crippen LogP contribution in [-0.2, 0) is 0 Å². The van der Waals surface area contributed by atoms with Crippen LogP contribution in [0.3, 0.4) is 0 Å². The largest absolute Gasteiger partial charge is 0.366 e. The summed E-state index contributed by atoms with van der Waals surface area (Å²) >= 11 is 3.49. The lowest BCUT2D eigenvalue weighted by molar-refractivity contribution is 0.180. The molecule has 2 atom stereocenters. The van der Waals surface area contributed by atoms with Crippen LogP contribution in [0.15, 0.2) is 28.7 Å². The third-order valence-corrected chi connectivity index (χ3v) is 4.86. The fourth-order valence-corrected chi connectivity index (χ4v) is 3.83. The van der Waals surface area contributed by atoms with Crippen molar-refractivity contribution < 1.29 is 0 Å². The summed E-state index contributed by atoms with van der Waals surface area (Å²) in [5.41, 5.74) is 0.615. The van der Waals surface area contributed by atoms with Crippen molar-refractivity contribution in [2.24, 2.45) is 0 Å². The molecule has 3 nitrogen and oxygen atoms in total. The molecule has 0 bridgehead atoms. The highest BCUT2D eigenvalue weighted by atomic mass is 79.9. The minimum atomic E-state index is -0.415. The first-order valence-corrected chi connectivity index (χ1v) is 7.72. The second-order valence-corrected chi connectivity index (χ2v) is 6.43. The van der Waals surface area contributed by atoms with E-state index < -0.39 is 5.54 Å². The summed E-state index contributed by atoms with van der Waals surface area (Å²) in [4.78, 5) is 2.48. The van der Waals surface area contributed by atoms with Gasteiger partial charge < -0.3 is 5.32 Å². The van der Waals surface area contributed by atoms with Crippen molar-refractivity contribution in [1.29, 1.82) is 5.26 Å². The summed E-state index contributed by atoms with van der Waals surface area (Å²) in [6.07, 6.45) is 4.56. The molecular weight excluding hydrogens is 302 g/mol. The fourth-order valence-electron chi connectivity index (χ4n) is 3.43. The molecule has 2 unspecified atom stereocenters.